The molecule has 74 valence electrons. The Labute approximate surface area is 83.1 Å². The number of hydrogen-bond donors (Lipinski definition) is 1. The van der Waals surface area contributed by atoms with Crippen LogP contribution in [0.2, 0.25) is 0 Å². The third kappa shape index (κ3) is 1.44. The summed E-state index contributed by atoms with van der Waals surface area (Å²) in [6, 6.07) is 7.94. The van der Waals surface area contributed by atoms with Crippen molar-refractivity contribution in [1.29, 1.82) is 0 Å². The molecule has 1 atom stereocenters. The van der Waals surface area contributed by atoms with E-state index in [4.69, 9.17) is 0 Å². The number of nitrogens with zero attached hydrogens (tertiary/aromatic N) is 3. The number of hydrogen-bond acceptors (Lipinski definition) is 4. The van der Waals surface area contributed by atoms with Gasteiger partial charge in [-0.15, -0.1) is 0 Å². The van der Waals surface area contributed by atoms with Crippen molar-refractivity contribution in [3.05, 3.63) is 29.8 Å². The SMILES string of the molecule is Cc1ccc(N2C=NN(C)C2O)cc1. The molecule has 0 saturated heterocycles. The molecule has 1 aliphatic heterocycles. The van der Waals surface area contributed by atoms with Crippen LogP contribution < -0.4 is 4.90 Å². The molecule has 14 heavy (non-hydrogen) atoms. The van der Waals surface area contributed by atoms with Crippen molar-refractivity contribution in [2.45, 2.75) is 13.3 Å². The normalized spacial score (nSPS) is 20.6. The number of aliphatic hydroxyl groups is 1. The minimum absolute atomic E-state index is 0.697. The maximum atomic E-state index is 9.71. The van der Waals surface area contributed by atoms with Crippen LogP contribution >= 0.6 is 0 Å². The number of aliphatic hydroxyl groups excluding tert-OH is 1. The van der Waals surface area contributed by atoms with Gasteiger partial charge in [0.1, 0.15) is 6.34 Å². The van der Waals surface area contributed by atoms with E-state index in [9.17, 15) is 5.11 Å². The third-order valence-corrected chi connectivity index (χ3v) is 2.27. The Morgan fingerprint density at radius 3 is 2.43 bits per heavy atom. The first kappa shape index (κ1) is 9.02. The van der Waals surface area contributed by atoms with Crippen LogP contribution in [0.5, 0.6) is 0 Å². The Hall–Kier alpha value is -1.55. The maximum absolute atomic E-state index is 9.71. The van der Waals surface area contributed by atoms with Gasteiger partial charge in [-0.25, -0.2) is 0 Å². The maximum Gasteiger partial charge on any atom is 0.227 e. The predicted molar refractivity (Wildman–Crippen MR) is 55.9 cm³/mol. The lowest BCUT2D eigenvalue weighted by molar-refractivity contribution is 0.0468. The molecule has 0 amide bonds. The van der Waals surface area contributed by atoms with Gasteiger partial charge < -0.3 is 5.11 Å². The van der Waals surface area contributed by atoms with Crippen LogP contribution in [0.15, 0.2) is 29.4 Å². The van der Waals surface area contributed by atoms with E-state index in [0.29, 0.717) is 0 Å². The molecule has 1 aromatic carbocycles. The lowest BCUT2D eigenvalue weighted by Crippen LogP contribution is -2.37. The molecule has 1 heterocycles. The zero-order chi connectivity index (χ0) is 10.1. The zero-order valence-electron chi connectivity index (χ0n) is 8.25. The molecular formula is C10H13N3O. The van der Waals surface area contributed by atoms with Crippen LogP contribution in [0.4, 0.5) is 5.69 Å². The van der Waals surface area contributed by atoms with Gasteiger partial charge in [0.05, 0.1) is 0 Å². The Kier molecular flexibility index (Phi) is 2.13. The molecule has 1 aliphatic rings. The second-order valence-electron chi connectivity index (χ2n) is 3.39. The fourth-order valence-corrected chi connectivity index (χ4v) is 1.35. The average molecular weight is 191 g/mol. The van der Waals surface area contributed by atoms with Gasteiger partial charge in [0.25, 0.3) is 0 Å². The number of rotatable bonds is 1. The van der Waals surface area contributed by atoms with Gasteiger partial charge in [0.2, 0.25) is 6.35 Å². The molecule has 0 aromatic heterocycles. The zero-order valence-corrected chi connectivity index (χ0v) is 8.25. The first-order valence-electron chi connectivity index (χ1n) is 4.48. The minimum atomic E-state index is -0.697. The molecule has 0 aliphatic carbocycles. The lowest BCUT2D eigenvalue weighted by atomic mass is 10.2. The summed E-state index contributed by atoms with van der Waals surface area (Å²) in [7, 11) is 1.73. The molecule has 1 unspecified atom stereocenters. The summed E-state index contributed by atoms with van der Waals surface area (Å²) in [6.45, 7) is 2.03. The molecule has 4 nitrogen and oxygen atoms in total. The van der Waals surface area contributed by atoms with Crippen molar-refractivity contribution in [3.63, 3.8) is 0 Å². The number of aryl methyl sites for hydroxylation is 1. The van der Waals surface area contributed by atoms with E-state index in [0.717, 1.165) is 5.69 Å². The molecule has 0 saturated carbocycles. The topological polar surface area (TPSA) is 39.1 Å². The van der Waals surface area contributed by atoms with E-state index in [1.165, 1.54) is 10.6 Å². The summed E-state index contributed by atoms with van der Waals surface area (Å²) in [5, 5.41) is 15.2. The van der Waals surface area contributed by atoms with Gasteiger partial charge in [-0.3, -0.25) is 9.91 Å². The van der Waals surface area contributed by atoms with Crippen LogP contribution in [0, 0.1) is 6.92 Å². The van der Waals surface area contributed by atoms with Gasteiger partial charge in [-0.05, 0) is 19.1 Å². The highest BCUT2D eigenvalue weighted by Crippen LogP contribution is 2.19. The molecule has 2 rings (SSSR count). The van der Waals surface area contributed by atoms with E-state index in [1.54, 1.807) is 18.3 Å². The number of anilines is 1. The summed E-state index contributed by atoms with van der Waals surface area (Å²) >= 11 is 0. The van der Waals surface area contributed by atoms with E-state index in [2.05, 4.69) is 5.10 Å². The van der Waals surface area contributed by atoms with Crippen molar-refractivity contribution in [1.82, 2.24) is 5.01 Å². The molecule has 0 radical (unpaired) electrons. The Balaban J connectivity index is 2.24. The first-order chi connectivity index (χ1) is 6.68. The molecule has 0 bridgehead atoms. The number of benzene rings is 1. The third-order valence-electron chi connectivity index (χ3n) is 2.27. The Bertz CT molecular complexity index is 347. The van der Waals surface area contributed by atoms with Gasteiger partial charge in [-0.1, -0.05) is 17.7 Å². The number of hydrazone groups is 1. The van der Waals surface area contributed by atoms with E-state index < -0.39 is 6.35 Å². The fourth-order valence-electron chi connectivity index (χ4n) is 1.35. The van der Waals surface area contributed by atoms with Crippen LogP contribution in [0.3, 0.4) is 0 Å². The summed E-state index contributed by atoms with van der Waals surface area (Å²) in [5.74, 6) is 0. The Morgan fingerprint density at radius 2 is 1.93 bits per heavy atom. The smallest absolute Gasteiger partial charge is 0.227 e. The predicted octanol–water partition coefficient (Wildman–Crippen LogP) is 0.966. The molecular weight excluding hydrogens is 178 g/mol. The van der Waals surface area contributed by atoms with E-state index in [1.807, 2.05) is 31.2 Å². The second-order valence-corrected chi connectivity index (χ2v) is 3.39. The molecule has 1 aromatic rings. The van der Waals surface area contributed by atoms with Crippen LogP contribution in [0.25, 0.3) is 0 Å². The first-order valence-corrected chi connectivity index (χ1v) is 4.48. The van der Waals surface area contributed by atoms with Gasteiger partial charge in [-0.2, -0.15) is 5.10 Å². The summed E-state index contributed by atoms with van der Waals surface area (Å²) in [5.41, 5.74) is 2.14. The van der Waals surface area contributed by atoms with Crippen molar-refractivity contribution < 1.29 is 5.11 Å². The fraction of sp³-hybridized carbons (Fsp3) is 0.300. The molecule has 1 N–H and O–H groups in total. The molecule has 0 spiro atoms. The molecule has 4 heteroatoms. The molecule has 0 fully saturated rings. The summed E-state index contributed by atoms with van der Waals surface area (Å²) in [4.78, 5) is 1.71. The standard InChI is InChI=1S/C10H13N3O/c1-8-3-5-9(6-4-8)13-7-11-12(2)10(13)14/h3-7,10,14H,1-2H3. The largest absolute Gasteiger partial charge is 0.355 e. The van der Waals surface area contributed by atoms with Crippen LogP contribution in [-0.4, -0.2) is 29.9 Å². The van der Waals surface area contributed by atoms with Gasteiger partial charge >= 0.3 is 0 Å². The highest BCUT2D eigenvalue weighted by molar-refractivity contribution is 5.80. The van der Waals surface area contributed by atoms with E-state index >= 15 is 0 Å². The average Bonchev–Trinajstić information content (AvgIpc) is 2.50. The summed E-state index contributed by atoms with van der Waals surface area (Å²) < 4.78 is 0. The highest BCUT2D eigenvalue weighted by atomic mass is 16.3. The highest BCUT2D eigenvalue weighted by Gasteiger charge is 2.23. The van der Waals surface area contributed by atoms with Crippen molar-refractivity contribution >= 4 is 12.0 Å². The minimum Gasteiger partial charge on any atom is -0.355 e. The van der Waals surface area contributed by atoms with Crippen molar-refractivity contribution in [3.8, 4) is 0 Å². The lowest BCUT2D eigenvalue weighted by Gasteiger charge is -2.22. The monoisotopic (exact) mass is 191 g/mol. The summed E-state index contributed by atoms with van der Waals surface area (Å²) in [6.07, 6.45) is 0.924. The second kappa shape index (κ2) is 3.31. The van der Waals surface area contributed by atoms with Crippen LogP contribution in [-0.2, 0) is 0 Å². The van der Waals surface area contributed by atoms with E-state index in [-0.39, 0.29) is 0 Å². The Morgan fingerprint density at radius 1 is 1.29 bits per heavy atom. The van der Waals surface area contributed by atoms with Crippen molar-refractivity contribution in [2.24, 2.45) is 5.10 Å². The van der Waals surface area contributed by atoms with Gasteiger partial charge in [0, 0.05) is 12.7 Å². The van der Waals surface area contributed by atoms with Crippen LogP contribution in [0.1, 0.15) is 5.56 Å². The van der Waals surface area contributed by atoms with Gasteiger partial charge in [0.15, 0.2) is 0 Å². The quantitative estimate of drug-likeness (QED) is 0.718. The van der Waals surface area contributed by atoms with Crippen molar-refractivity contribution in [2.75, 3.05) is 11.9 Å².